The number of carbonyl (C=O) groups excluding carboxylic acids is 2. The Morgan fingerprint density at radius 2 is 2.17 bits per heavy atom. The highest BCUT2D eigenvalue weighted by molar-refractivity contribution is 5.99. The lowest BCUT2D eigenvalue weighted by Crippen LogP contribution is -2.30. The second-order valence-corrected chi connectivity index (χ2v) is 4.83. The highest BCUT2D eigenvalue weighted by atomic mass is 16.2. The number of amides is 2. The third-order valence-electron chi connectivity index (χ3n) is 2.91. The number of benzene rings is 1. The molecule has 2 amide bonds. The van der Waals surface area contributed by atoms with Crippen LogP contribution in [0.25, 0.3) is 0 Å². The lowest BCUT2D eigenvalue weighted by molar-refractivity contribution is -0.117. The van der Waals surface area contributed by atoms with Gasteiger partial charge in [-0.2, -0.15) is 0 Å². The molecule has 0 saturated carbocycles. The van der Waals surface area contributed by atoms with Gasteiger partial charge in [0.15, 0.2) is 0 Å². The van der Waals surface area contributed by atoms with E-state index in [1.54, 1.807) is 17.0 Å². The van der Waals surface area contributed by atoms with E-state index in [1.807, 2.05) is 26.0 Å². The molecule has 0 bridgehead atoms. The minimum absolute atomic E-state index is 0.0986. The monoisotopic (exact) mass is 246 g/mol. The molecular weight excluding hydrogens is 228 g/mol. The normalized spacial score (nSPS) is 15.3. The van der Waals surface area contributed by atoms with Crippen molar-refractivity contribution in [3.05, 3.63) is 29.8 Å². The molecule has 1 aliphatic heterocycles. The van der Waals surface area contributed by atoms with Crippen molar-refractivity contribution >= 4 is 17.5 Å². The van der Waals surface area contributed by atoms with E-state index in [2.05, 4.69) is 5.32 Å². The van der Waals surface area contributed by atoms with Crippen LogP contribution in [-0.2, 0) is 4.79 Å². The van der Waals surface area contributed by atoms with Crippen molar-refractivity contribution < 1.29 is 9.59 Å². The van der Waals surface area contributed by atoms with E-state index in [9.17, 15) is 9.59 Å². The molecule has 18 heavy (non-hydrogen) atoms. The first-order valence-electron chi connectivity index (χ1n) is 6.29. The Balaban J connectivity index is 2.19. The molecule has 0 unspecified atom stereocenters. The van der Waals surface area contributed by atoms with Gasteiger partial charge < -0.3 is 10.2 Å². The first-order chi connectivity index (χ1) is 8.58. The Morgan fingerprint density at radius 3 is 2.78 bits per heavy atom. The lowest BCUT2D eigenvalue weighted by Gasteiger charge is -2.16. The summed E-state index contributed by atoms with van der Waals surface area (Å²) in [6, 6.07) is 7.34. The van der Waals surface area contributed by atoms with Gasteiger partial charge in [0.1, 0.15) is 0 Å². The molecule has 4 heteroatoms. The molecule has 96 valence electrons. The van der Waals surface area contributed by atoms with Crippen molar-refractivity contribution in [1.82, 2.24) is 5.32 Å². The Morgan fingerprint density at radius 1 is 1.39 bits per heavy atom. The van der Waals surface area contributed by atoms with Crippen LogP contribution in [0.15, 0.2) is 24.3 Å². The molecule has 1 aromatic carbocycles. The zero-order valence-corrected chi connectivity index (χ0v) is 10.8. The Hall–Kier alpha value is -1.84. The van der Waals surface area contributed by atoms with Crippen LogP contribution in [0.1, 0.15) is 37.0 Å². The fraction of sp³-hybridized carbons (Fsp3) is 0.429. The summed E-state index contributed by atoms with van der Waals surface area (Å²) in [6.07, 6.45) is 1.49. The van der Waals surface area contributed by atoms with Crippen LogP contribution in [0.3, 0.4) is 0 Å². The maximum Gasteiger partial charge on any atom is 0.251 e. The highest BCUT2D eigenvalue weighted by Gasteiger charge is 2.22. The fourth-order valence-corrected chi connectivity index (χ4v) is 2.08. The minimum atomic E-state index is -0.0986. The van der Waals surface area contributed by atoms with Gasteiger partial charge in [-0.05, 0) is 38.5 Å². The number of hydrogen-bond acceptors (Lipinski definition) is 2. The second-order valence-electron chi connectivity index (χ2n) is 4.83. The average Bonchev–Trinajstić information content (AvgIpc) is 2.75. The lowest BCUT2D eigenvalue weighted by atomic mass is 10.1. The third kappa shape index (κ3) is 2.70. The van der Waals surface area contributed by atoms with Crippen LogP contribution >= 0.6 is 0 Å². The molecule has 1 N–H and O–H groups in total. The Kier molecular flexibility index (Phi) is 3.65. The van der Waals surface area contributed by atoms with Gasteiger partial charge in [0.25, 0.3) is 5.91 Å². The summed E-state index contributed by atoms with van der Waals surface area (Å²) in [5.74, 6) is 0.0370. The van der Waals surface area contributed by atoms with Crippen LogP contribution in [0.2, 0.25) is 0 Å². The maximum absolute atomic E-state index is 11.9. The molecule has 0 radical (unpaired) electrons. The summed E-state index contributed by atoms with van der Waals surface area (Å²) in [5.41, 5.74) is 1.41. The zero-order valence-electron chi connectivity index (χ0n) is 10.8. The van der Waals surface area contributed by atoms with E-state index in [4.69, 9.17) is 0 Å². The van der Waals surface area contributed by atoms with Crippen LogP contribution in [0.5, 0.6) is 0 Å². The number of hydrogen-bond donors (Lipinski definition) is 1. The molecular formula is C14H18N2O2. The van der Waals surface area contributed by atoms with Gasteiger partial charge in [-0.3, -0.25) is 9.59 Å². The van der Waals surface area contributed by atoms with E-state index in [1.165, 1.54) is 0 Å². The molecule has 1 aliphatic rings. The van der Waals surface area contributed by atoms with Crippen molar-refractivity contribution in [2.24, 2.45) is 0 Å². The zero-order chi connectivity index (χ0) is 13.1. The predicted molar refractivity (Wildman–Crippen MR) is 70.6 cm³/mol. The van der Waals surface area contributed by atoms with E-state index in [0.717, 1.165) is 18.7 Å². The van der Waals surface area contributed by atoms with E-state index in [-0.39, 0.29) is 17.9 Å². The van der Waals surface area contributed by atoms with Crippen LogP contribution < -0.4 is 10.2 Å². The molecule has 2 rings (SSSR count). The van der Waals surface area contributed by atoms with E-state index < -0.39 is 0 Å². The van der Waals surface area contributed by atoms with Gasteiger partial charge in [-0.25, -0.2) is 0 Å². The maximum atomic E-state index is 11.9. The Labute approximate surface area is 107 Å². The van der Waals surface area contributed by atoms with Gasteiger partial charge >= 0.3 is 0 Å². The summed E-state index contributed by atoms with van der Waals surface area (Å²) < 4.78 is 0. The van der Waals surface area contributed by atoms with E-state index in [0.29, 0.717) is 12.0 Å². The van der Waals surface area contributed by atoms with Crippen molar-refractivity contribution in [1.29, 1.82) is 0 Å². The summed E-state index contributed by atoms with van der Waals surface area (Å²) in [5, 5.41) is 2.85. The van der Waals surface area contributed by atoms with Gasteiger partial charge in [0, 0.05) is 30.3 Å². The van der Waals surface area contributed by atoms with Crippen LogP contribution in [-0.4, -0.2) is 24.4 Å². The van der Waals surface area contributed by atoms with Gasteiger partial charge in [-0.1, -0.05) is 6.07 Å². The van der Waals surface area contributed by atoms with Crippen molar-refractivity contribution in [3.8, 4) is 0 Å². The second kappa shape index (κ2) is 5.21. The number of carbonyl (C=O) groups is 2. The van der Waals surface area contributed by atoms with Gasteiger partial charge in [0.05, 0.1) is 0 Å². The quantitative estimate of drug-likeness (QED) is 0.886. The third-order valence-corrected chi connectivity index (χ3v) is 2.91. The average molecular weight is 246 g/mol. The first kappa shape index (κ1) is 12.6. The van der Waals surface area contributed by atoms with Crippen molar-refractivity contribution in [2.75, 3.05) is 11.4 Å². The molecule has 1 heterocycles. The largest absolute Gasteiger partial charge is 0.350 e. The standard InChI is InChI=1S/C14H18N2O2/c1-10(2)15-14(18)11-5-3-6-12(9-11)16-8-4-7-13(16)17/h3,5-6,9-10H,4,7-8H2,1-2H3,(H,15,18). The van der Waals surface area contributed by atoms with Crippen LogP contribution in [0.4, 0.5) is 5.69 Å². The Bertz CT molecular complexity index is 469. The molecule has 0 aromatic heterocycles. The molecule has 1 fully saturated rings. The predicted octanol–water partition coefficient (Wildman–Crippen LogP) is 1.95. The number of nitrogens with one attached hydrogen (secondary N) is 1. The molecule has 4 nitrogen and oxygen atoms in total. The summed E-state index contributed by atoms with van der Waals surface area (Å²) >= 11 is 0. The number of nitrogens with zero attached hydrogens (tertiary/aromatic N) is 1. The fourth-order valence-electron chi connectivity index (χ4n) is 2.08. The molecule has 1 aromatic rings. The van der Waals surface area contributed by atoms with Crippen LogP contribution in [0, 0.1) is 0 Å². The van der Waals surface area contributed by atoms with Crippen molar-refractivity contribution in [2.45, 2.75) is 32.7 Å². The minimum Gasteiger partial charge on any atom is -0.350 e. The molecule has 0 atom stereocenters. The smallest absolute Gasteiger partial charge is 0.251 e. The number of rotatable bonds is 3. The van der Waals surface area contributed by atoms with E-state index >= 15 is 0 Å². The summed E-state index contributed by atoms with van der Waals surface area (Å²) in [4.78, 5) is 25.3. The molecule has 0 aliphatic carbocycles. The highest BCUT2D eigenvalue weighted by Crippen LogP contribution is 2.22. The summed E-state index contributed by atoms with van der Waals surface area (Å²) in [7, 11) is 0. The SMILES string of the molecule is CC(C)NC(=O)c1cccc(N2CCCC2=O)c1. The van der Waals surface area contributed by atoms with Gasteiger partial charge in [-0.15, -0.1) is 0 Å². The number of anilines is 1. The topological polar surface area (TPSA) is 49.4 Å². The van der Waals surface area contributed by atoms with Crippen molar-refractivity contribution in [3.63, 3.8) is 0 Å². The summed E-state index contributed by atoms with van der Waals surface area (Å²) in [6.45, 7) is 4.59. The van der Waals surface area contributed by atoms with Gasteiger partial charge in [0.2, 0.25) is 5.91 Å². The molecule has 0 spiro atoms. The first-order valence-corrected chi connectivity index (χ1v) is 6.29. The molecule has 1 saturated heterocycles.